The molecule has 3 fully saturated rings. The molecular formula is C16H25N. The Labute approximate surface area is 106 Å². The van der Waals surface area contributed by atoms with Gasteiger partial charge in [0.2, 0.25) is 5.54 Å². The van der Waals surface area contributed by atoms with Gasteiger partial charge in [-0.25, -0.2) is 6.57 Å². The molecule has 2 bridgehead atoms. The molecule has 0 aliphatic heterocycles. The summed E-state index contributed by atoms with van der Waals surface area (Å²) in [6.07, 6.45) is 5.30. The van der Waals surface area contributed by atoms with Crippen LogP contribution in [0.5, 0.6) is 0 Å². The molecule has 0 aromatic heterocycles. The Morgan fingerprint density at radius 2 is 1.88 bits per heavy atom. The lowest BCUT2D eigenvalue weighted by atomic mass is 9.66. The third-order valence-electron chi connectivity index (χ3n) is 6.56. The van der Waals surface area contributed by atoms with Gasteiger partial charge < -0.3 is 4.85 Å². The fraction of sp³-hybridized carbons (Fsp3) is 0.938. The van der Waals surface area contributed by atoms with E-state index in [0.29, 0.717) is 11.3 Å². The molecule has 3 rings (SSSR count). The third-order valence-corrected chi connectivity index (χ3v) is 6.56. The van der Waals surface area contributed by atoms with Crippen LogP contribution in [0.25, 0.3) is 4.85 Å². The Morgan fingerprint density at radius 1 is 1.18 bits per heavy atom. The van der Waals surface area contributed by atoms with Gasteiger partial charge >= 0.3 is 0 Å². The smallest absolute Gasteiger partial charge is 0.233 e. The lowest BCUT2D eigenvalue weighted by Crippen LogP contribution is -2.40. The van der Waals surface area contributed by atoms with Crippen LogP contribution in [0, 0.1) is 41.6 Å². The molecule has 0 radical (unpaired) electrons. The van der Waals surface area contributed by atoms with Crippen molar-refractivity contribution in [1.82, 2.24) is 0 Å². The minimum absolute atomic E-state index is 0.0352. The van der Waals surface area contributed by atoms with Crippen LogP contribution in [0.1, 0.15) is 53.4 Å². The van der Waals surface area contributed by atoms with E-state index in [1.165, 1.54) is 25.7 Å². The van der Waals surface area contributed by atoms with E-state index in [-0.39, 0.29) is 5.54 Å². The molecule has 0 aromatic rings. The Kier molecular flexibility index (Phi) is 2.23. The molecule has 0 N–H and O–H groups in total. The molecular weight excluding hydrogens is 206 g/mol. The summed E-state index contributed by atoms with van der Waals surface area (Å²) < 4.78 is 0. The average molecular weight is 231 g/mol. The van der Waals surface area contributed by atoms with Crippen molar-refractivity contribution in [3.8, 4) is 0 Å². The van der Waals surface area contributed by atoms with Gasteiger partial charge in [-0.3, -0.25) is 0 Å². The number of rotatable bonds is 1. The topological polar surface area (TPSA) is 4.36 Å². The van der Waals surface area contributed by atoms with Crippen molar-refractivity contribution in [2.45, 2.75) is 58.9 Å². The van der Waals surface area contributed by atoms with Gasteiger partial charge in [0.15, 0.2) is 0 Å². The summed E-state index contributed by atoms with van der Waals surface area (Å²) in [6.45, 7) is 17.1. The average Bonchev–Trinajstić information content (AvgIpc) is 2.69. The fourth-order valence-electron chi connectivity index (χ4n) is 5.58. The first-order valence-electron chi connectivity index (χ1n) is 7.28. The summed E-state index contributed by atoms with van der Waals surface area (Å²) in [5.74, 6) is 4.16. The second-order valence-electron chi connectivity index (χ2n) is 7.85. The van der Waals surface area contributed by atoms with E-state index in [9.17, 15) is 0 Å². The van der Waals surface area contributed by atoms with E-state index >= 15 is 0 Å². The molecule has 0 saturated heterocycles. The zero-order valence-electron chi connectivity index (χ0n) is 11.7. The monoisotopic (exact) mass is 231 g/mol. The highest BCUT2D eigenvalue weighted by atomic mass is 14.9. The second-order valence-corrected chi connectivity index (χ2v) is 7.85. The van der Waals surface area contributed by atoms with Gasteiger partial charge in [0.25, 0.3) is 0 Å². The fourth-order valence-corrected chi connectivity index (χ4v) is 5.58. The molecule has 3 aliphatic carbocycles. The molecule has 0 heterocycles. The first-order chi connectivity index (χ1) is 7.89. The first-order valence-corrected chi connectivity index (χ1v) is 7.28. The van der Waals surface area contributed by atoms with E-state index in [1.54, 1.807) is 0 Å². The zero-order chi connectivity index (χ0) is 12.4. The predicted molar refractivity (Wildman–Crippen MR) is 70.4 cm³/mol. The summed E-state index contributed by atoms with van der Waals surface area (Å²) in [5, 5.41) is 0. The van der Waals surface area contributed by atoms with E-state index in [2.05, 4.69) is 32.5 Å². The SMILES string of the molecule is [C-]#[N+][C@@]1(C)C[C@H]2[C@H]3C[C@@H]1C[C@@]3(C)C[C@H]2C(C)C. The van der Waals surface area contributed by atoms with Gasteiger partial charge in [-0.15, -0.1) is 0 Å². The molecule has 0 amide bonds. The van der Waals surface area contributed by atoms with Crippen molar-refractivity contribution in [3.05, 3.63) is 11.4 Å². The minimum Gasteiger partial charge on any atom is -0.310 e. The van der Waals surface area contributed by atoms with Gasteiger partial charge in [-0.05, 0) is 48.3 Å². The van der Waals surface area contributed by atoms with Crippen LogP contribution in [0.3, 0.4) is 0 Å². The van der Waals surface area contributed by atoms with Crippen molar-refractivity contribution < 1.29 is 0 Å². The van der Waals surface area contributed by atoms with Gasteiger partial charge in [0.05, 0.1) is 0 Å². The van der Waals surface area contributed by atoms with Gasteiger partial charge in [-0.1, -0.05) is 20.8 Å². The van der Waals surface area contributed by atoms with Crippen LogP contribution in [0.4, 0.5) is 0 Å². The predicted octanol–water partition coefficient (Wildman–Crippen LogP) is 4.39. The largest absolute Gasteiger partial charge is 0.310 e. The second kappa shape index (κ2) is 3.28. The van der Waals surface area contributed by atoms with Crippen molar-refractivity contribution in [3.63, 3.8) is 0 Å². The number of hydrogen-bond donors (Lipinski definition) is 0. The van der Waals surface area contributed by atoms with Crippen LogP contribution in [-0.2, 0) is 0 Å². The number of nitrogens with zero attached hydrogens (tertiary/aromatic N) is 1. The Hall–Kier alpha value is -0.510. The van der Waals surface area contributed by atoms with E-state index in [4.69, 9.17) is 6.57 Å². The van der Waals surface area contributed by atoms with Crippen LogP contribution in [0.15, 0.2) is 0 Å². The number of fused-ring (bicyclic) bond motifs is 1. The summed E-state index contributed by atoms with van der Waals surface area (Å²) >= 11 is 0. The van der Waals surface area contributed by atoms with E-state index in [0.717, 1.165) is 23.7 Å². The molecule has 94 valence electrons. The summed E-state index contributed by atoms with van der Waals surface area (Å²) in [5.41, 5.74) is 0.541. The zero-order valence-corrected chi connectivity index (χ0v) is 11.7. The van der Waals surface area contributed by atoms with Crippen molar-refractivity contribution >= 4 is 0 Å². The van der Waals surface area contributed by atoms with Gasteiger partial charge in [0.1, 0.15) is 0 Å². The van der Waals surface area contributed by atoms with E-state index < -0.39 is 0 Å². The van der Waals surface area contributed by atoms with Crippen molar-refractivity contribution in [2.75, 3.05) is 0 Å². The molecule has 1 nitrogen and oxygen atoms in total. The molecule has 0 spiro atoms. The maximum absolute atomic E-state index is 7.59. The highest BCUT2D eigenvalue weighted by Gasteiger charge is 2.66. The third kappa shape index (κ3) is 1.36. The lowest BCUT2D eigenvalue weighted by molar-refractivity contribution is 0.129. The molecule has 0 aromatic carbocycles. The highest BCUT2D eigenvalue weighted by Crippen LogP contribution is 2.69. The normalized spacial score (nSPS) is 56.2. The Balaban J connectivity index is 1.99. The van der Waals surface area contributed by atoms with Crippen molar-refractivity contribution in [2.24, 2.45) is 35.0 Å². The molecule has 3 saturated carbocycles. The van der Waals surface area contributed by atoms with Gasteiger partial charge in [0, 0.05) is 19.3 Å². The summed E-state index contributed by atoms with van der Waals surface area (Å²) in [6, 6.07) is 0. The lowest BCUT2D eigenvalue weighted by Gasteiger charge is -2.38. The molecule has 3 aliphatic rings. The number of hydrogen-bond acceptors (Lipinski definition) is 0. The van der Waals surface area contributed by atoms with Crippen LogP contribution in [-0.4, -0.2) is 5.54 Å². The first kappa shape index (κ1) is 11.6. The molecule has 1 heteroatoms. The van der Waals surface area contributed by atoms with Crippen molar-refractivity contribution in [1.29, 1.82) is 0 Å². The summed E-state index contributed by atoms with van der Waals surface area (Å²) in [7, 11) is 0. The van der Waals surface area contributed by atoms with Crippen LogP contribution >= 0.6 is 0 Å². The maximum atomic E-state index is 7.59. The summed E-state index contributed by atoms with van der Waals surface area (Å²) in [4.78, 5) is 4.05. The Morgan fingerprint density at radius 3 is 2.47 bits per heavy atom. The van der Waals surface area contributed by atoms with E-state index in [1.807, 2.05) is 0 Å². The maximum Gasteiger partial charge on any atom is 0.233 e. The standard InChI is InChI=1S/C16H25N/c1-10(2)12-8-15(3)7-11-6-14(15)13(12)9-16(11,4)17-5/h10-14H,6-9H2,1-4H3/t11-,12+,13-,14-,15+,16+/m1/s1. The van der Waals surface area contributed by atoms with Gasteiger partial charge in [-0.2, -0.15) is 0 Å². The molecule has 17 heavy (non-hydrogen) atoms. The molecule has 6 atom stereocenters. The van der Waals surface area contributed by atoms with Crippen LogP contribution in [0.2, 0.25) is 0 Å². The highest BCUT2D eigenvalue weighted by molar-refractivity contribution is 5.18. The minimum atomic E-state index is -0.0352. The Bertz CT molecular complexity index is 379. The van der Waals surface area contributed by atoms with Crippen LogP contribution < -0.4 is 0 Å². The quantitative estimate of drug-likeness (QED) is 0.589. The molecule has 0 unspecified atom stereocenters.